The molecule has 0 saturated heterocycles. The van der Waals surface area contributed by atoms with Gasteiger partial charge in [-0.3, -0.25) is 14.9 Å². The summed E-state index contributed by atoms with van der Waals surface area (Å²) in [7, 11) is 0. The number of hydrogen-bond donors (Lipinski definition) is 2. The van der Waals surface area contributed by atoms with Crippen molar-refractivity contribution in [1.82, 2.24) is 20.1 Å². The van der Waals surface area contributed by atoms with Crippen molar-refractivity contribution >= 4 is 17.0 Å². The van der Waals surface area contributed by atoms with Gasteiger partial charge < -0.3 is 14.1 Å². The number of H-pyrrole nitrogens is 2. The lowest BCUT2D eigenvalue weighted by atomic mass is 9.95. The summed E-state index contributed by atoms with van der Waals surface area (Å²) in [4.78, 5) is 28.6. The molecule has 2 N–H and O–H groups in total. The number of para-hydroxylation sites is 1. The summed E-state index contributed by atoms with van der Waals surface area (Å²) in [5.74, 6) is -6.02. The average Bonchev–Trinajstić information content (AvgIpc) is 3.61. The van der Waals surface area contributed by atoms with Crippen molar-refractivity contribution in [2.45, 2.75) is 31.2 Å². The minimum Gasteiger partial charge on any atom is -0.457 e. The first-order valence-electron chi connectivity index (χ1n) is 13.0. The normalized spacial score (nSPS) is 15.6. The third-order valence-electron chi connectivity index (χ3n) is 7.05. The number of halogens is 8. The Morgan fingerprint density at radius 2 is 1.64 bits per heavy atom. The molecule has 0 saturated carbocycles. The van der Waals surface area contributed by atoms with Crippen LogP contribution < -0.4 is 10.5 Å². The number of alkyl halides is 8. The summed E-state index contributed by atoms with van der Waals surface area (Å²) in [6.45, 7) is -0.391. The molecule has 0 bridgehead atoms. The van der Waals surface area contributed by atoms with Gasteiger partial charge in [-0.05, 0) is 48.0 Å². The lowest BCUT2D eigenvalue weighted by molar-refractivity contribution is -0.143. The number of hydrogen-bond acceptors (Lipinski definition) is 5. The second kappa shape index (κ2) is 10.2. The molecule has 0 radical (unpaired) electrons. The molecule has 2 aromatic heterocycles. The van der Waals surface area contributed by atoms with Crippen molar-refractivity contribution in [3.8, 4) is 22.8 Å². The van der Waals surface area contributed by atoms with Crippen molar-refractivity contribution < 1.29 is 49.1 Å². The molecule has 0 fully saturated rings. The van der Waals surface area contributed by atoms with Gasteiger partial charge in [-0.1, -0.05) is 18.2 Å². The Bertz CT molecular complexity index is 1990. The fourth-order valence-electron chi connectivity index (χ4n) is 5.23. The summed E-state index contributed by atoms with van der Waals surface area (Å²) in [5.41, 5.74) is -2.06. The van der Waals surface area contributed by atoms with E-state index in [0.29, 0.717) is 24.6 Å². The molecule has 6 rings (SSSR count). The average molecular weight is 638 g/mol. The number of fused-ring (bicyclic) bond motifs is 2. The van der Waals surface area contributed by atoms with E-state index < -0.39 is 59.4 Å². The van der Waals surface area contributed by atoms with Crippen LogP contribution in [0.5, 0.6) is 11.5 Å². The number of nitrogens with one attached hydrogen (secondary N) is 2. The molecule has 0 spiro atoms. The van der Waals surface area contributed by atoms with Gasteiger partial charge in [0.05, 0.1) is 29.2 Å². The molecule has 45 heavy (non-hydrogen) atoms. The zero-order valence-electron chi connectivity index (χ0n) is 22.6. The largest absolute Gasteiger partial charge is 0.457 e. The number of oxazole rings is 1. The van der Waals surface area contributed by atoms with E-state index in [-0.39, 0.29) is 45.5 Å². The van der Waals surface area contributed by atoms with E-state index in [1.54, 1.807) is 18.2 Å². The number of aromatic nitrogens is 3. The molecule has 3 aromatic carbocycles. The van der Waals surface area contributed by atoms with E-state index in [0.717, 1.165) is 4.90 Å². The molecule has 1 unspecified atom stereocenters. The number of aromatic amines is 2. The van der Waals surface area contributed by atoms with Crippen LogP contribution in [0.25, 0.3) is 22.4 Å². The van der Waals surface area contributed by atoms with Crippen LogP contribution in [0.1, 0.15) is 45.7 Å². The number of nitrogens with zero attached hydrogens (tertiary/aromatic N) is 2. The lowest BCUT2D eigenvalue weighted by Crippen LogP contribution is -2.38. The minimum atomic E-state index is -5.18. The second-order valence-electron chi connectivity index (χ2n) is 10.3. The third-order valence-corrected chi connectivity index (χ3v) is 7.05. The number of carbonyl (C=O) groups excluding carboxylic acids is 1. The number of ether oxygens (including phenoxy) is 1. The SMILES string of the molecule is CC(F)(F)CN1C(=O)c2[nH]nc(-c3cccc4[nH]c(=O)oc34)c2C1c1ccc(Oc2ccc(C(F)(F)F)cc2C(F)(F)F)cc1. The summed E-state index contributed by atoms with van der Waals surface area (Å²) in [5, 5.41) is 6.78. The first-order chi connectivity index (χ1) is 21.0. The minimum absolute atomic E-state index is 0.0638. The van der Waals surface area contributed by atoms with Gasteiger partial charge in [-0.25, -0.2) is 13.6 Å². The Balaban J connectivity index is 1.41. The Morgan fingerprint density at radius 3 is 2.29 bits per heavy atom. The predicted octanol–water partition coefficient (Wildman–Crippen LogP) is 7.54. The molecular weight excluding hydrogens is 620 g/mol. The predicted molar refractivity (Wildman–Crippen MR) is 141 cm³/mol. The first-order valence-corrected chi connectivity index (χ1v) is 13.0. The fourth-order valence-corrected chi connectivity index (χ4v) is 5.23. The van der Waals surface area contributed by atoms with E-state index in [1.165, 1.54) is 24.3 Å². The Kier molecular flexibility index (Phi) is 6.78. The molecule has 1 atom stereocenters. The maximum Gasteiger partial charge on any atom is 0.420 e. The zero-order valence-corrected chi connectivity index (χ0v) is 22.6. The Hall–Kier alpha value is -5.15. The van der Waals surface area contributed by atoms with Crippen LogP contribution in [0.15, 0.2) is 69.9 Å². The van der Waals surface area contributed by atoms with E-state index in [2.05, 4.69) is 15.2 Å². The highest BCUT2D eigenvalue weighted by molar-refractivity contribution is 6.02. The molecule has 0 aliphatic carbocycles. The van der Waals surface area contributed by atoms with Crippen LogP contribution in [-0.2, 0) is 12.4 Å². The van der Waals surface area contributed by atoms with Gasteiger partial charge in [0.25, 0.3) is 11.8 Å². The number of amides is 1. The molecule has 1 aliphatic rings. The van der Waals surface area contributed by atoms with E-state index in [4.69, 9.17) is 9.15 Å². The van der Waals surface area contributed by atoms with Crippen molar-refractivity contribution in [2.24, 2.45) is 0 Å². The van der Waals surface area contributed by atoms with E-state index in [9.17, 15) is 44.7 Å². The fraction of sp³-hybridized carbons (Fsp3) is 0.207. The quantitative estimate of drug-likeness (QED) is 0.187. The van der Waals surface area contributed by atoms with Crippen molar-refractivity contribution in [3.05, 3.63) is 99.2 Å². The van der Waals surface area contributed by atoms with Gasteiger partial charge in [-0.2, -0.15) is 31.4 Å². The van der Waals surface area contributed by atoms with Crippen LogP contribution in [0, 0.1) is 0 Å². The van der Waals surface area contributed by atoms with Crippen LogP contribution in [0.4, 0.5) is 35.1 Å². The summed E-state index contributed by atoms with van der Waals surface area (Å²) in [6.07, 6.45) is -10.2. The second-order valence-corrected chi connectivity index (χ2v) is 10.3. The van der Waals surface area contributed by atoms with Crippen LogP contribution in [0.2, 0.25) is 0 Å². The Morgan fingerprint density at radius 1 is 0.933 bits per heavy atom. The lowest BCUT2D eigenvalue weighted by Gasteiger charge is -2.28. The number of benzene rings is 3. The smallest absolute Gasteiger partial charge is 0.420 e. The maximum absolute atomic E-state index is 14.3. The highest BCUT2D eigenvalue weighted by atomic mass is 19.4. The topological polar surface area (TPSA) is 104 Å². The summed E-state index contributed by atoms with van der Waals surface area (Å²) >= 11 is 0. The summed E-state index contributed by atoms with van der Waals surface area (Å²) in [6, 6.07) is 9.43. The van der Waals surface area contributed by atoms with Gasteiger partial charge >= 0.3 is 18.1 Å². The molecule has 8 nitrogen and oxygen atoms in total. The van der Waals surface area contributed by atoms with Crippen LogP contribution >= 0.6 is 0 Å². The highest BCUT2D eigenvalue weighted by Crippen LogP contribution is 2.46. The van der Waals surface area contributed by atoms with E-state index >= 15 is 0 Å². The monoisotopic (exact) mass is 638 g/mol. The van der Waals surface area contributed by atoms with Crippen molar-refractivity contribution in [1.29, 1.82) is 0 Å². The van der Waals surface area contributed by atoms with Gasteiger partial charge in [0, 0.05) is 18.1 Å². The zero-order chi connectivity index (χ0) is 32.5. The van der Waals surface area contributed by atoms with Gasteiger partial charge in [-0.15, -0.1) is 0 Å². The van der Waals surface area contributed by atoms with Crippen LogP contribution in [-0.4, -0.2) is 38.5 Å². The van der Waals surface area contributed by atoms with Crippen LogP contribution in [0.3, 0.4) is 0 Å². The highest BCUT2D eigenvalue weighted by Gasteiger charge is 2.46. The van der Waals surface area contributed by atoms with Crippen molar-refractivity contribution in [2.75, 3.05) is 6.54 Å². The molecule has 1 aliphatic heterocycles. The van der Waals surface area contributed by atoms with Gasteiger partial charge in [0.2, 0.25) is 0 Å². The first kappa shape index (κ1) is 29.9. The molecule has 16 heteroatoms. The molecular formula is C29H18F8N4O4. The molecule has 3 heterocycles. The van der Waals surface area contributed by atoms with E-state index in [1.807, 2.05) is 0 Å². The number of rotatable bonds is 6. The summed E-state index contributed by atoms with van der Waals surface area (Å²) < 4.78 is 119. The maximum atomic E-state index is 14.3. The molecule has 5 aromatic rings. The third kappa shape index (κ3) is 5.51. The van der Waals surface area contributed by atoms with Gasteiger partial charge in [0.1, 0.15) is 22.9 Å². The number of carbonyl (C=O) groups is 1. The Labute approximate surface area is 246 Å². The van der Waals surface area contributed by atoms with Gasteiger partial charge in [0.15, 0.2) is 5.58 Å². The molecule has 1 amide bonds. The standard InChI is InChI=1S/C29H18F8N4O4/c1-27(30,31)12-41-23(20-21(39-40-22(20)25(41)42)16-3-2-4-18-24(16)45-26(43)38-18)13-5-8-15(9-6-13)44-19-10-7-14(28(32,33)34)11-17(19)29(35,36)37/h2-11,23H,12H2,1H3,(H,38,43)(H,39,40). The molecule has 234 valence electrons. The van der Waals surface area contributed by atoms with Crippen molar-refractivity contribution in [3.63, 3.8) is 0 Å².